The Morgan fingerprint density at radius 2 is 1.85 bits per heavy atom. The monoisotopic (exact) mass is 387 g/mol. The molecule has 4 rings (SSSR count). The molecular weight excluding hydrogens is 376 g/mol. The van der Waals surface area contributed by atoms with Crippen molar-refractivity contribution in [3.05, 3.63) is 80.4 Å². The van der Waals surface area contributed by atoms with E-state index in [4.69, 9.17) is 23.2 Å². The van der Waals surface area contributed by atoms with Crippen molar-refractivity contribution in [2.45, 2.75) is 6.54 Å². The van der Waals surface area contributed by atoms with Gasteiger partial charge in [-0.2, -0.15) is 0 Å². The molecule has 2 N–H and O–H groups in total. The Labute approximate surface area is 157 Å². The Kier molecular flexibility index (Phi) is 4.26. The Bertz CT molecular complexity index is 1190. The van der Waals surface area contributed by atoms with E-state index in [0.717, 1.165) is 5.56 Å². The smallest absolute Gasteiger partial charge is 0.256 e. The molecule has 0 atom stereocenters. The van der Waals surface area contributed by atoms with Crippen molar-refractivity contribution in [2.24, 2.45) is 0 Å². The van der Waals surface area contributed by atoms with Gasteiger partial charge in [-0.1, -0.05) is 29.3 Å². The maximum absolute atomic E-state index is 13.7. The number of rotatable bonds is 3. The minimum absolute atomic E-state index is 0.306. The molecule has 0 aliphatic rings. The lowest BCUT2D eigenvalue weighted by Gasteiger charge is -2.13. The van der Waals surface area contributed by atoms with Gasteiger partial charge in [-0.3, -0.25) is 4.79 Å². The van der Waals surface area contributed by atoms with Gasteiger partial charge in [0.05, 0.1) is 10.9 Å². The van der Waals surface area contributed by atoms with Gasteiger partial charge in [-0.25, -0.2) is 9.37 Å². The Balaban J connectivity index is 1.88. The molecule has 2 aromatic carbocycles. The van der Waals surface area contributed by atoms with E-state index in [9.17, 15) is 9.18 Å². The van der Waals surface area contributed by atoms with Crippen LogP contribution in [0.5, 0.6) is 0 Å². The largest absolute Gasteiger partial charge is 0.365 e. The molecule has 4 nitrogen and oxygen atoms in total. The highest BCUT2D eigenvalue weighted by molar-refractivity contribution is 6.36. The van der Waals surface area contributed by atoms with Crippen molar-refractivity contribution < 1.29 is 4.39 Å². The maximum atomic E-state index is 13.7. The minimum Gasteiger partial charge on any atom is -0.365 e. The number of pyridine rings is 2. The molecule has 0 aliphatic heterocycles. The van der Waals surface area contributed by atoms with Crippen LogP contribution < -0.4 is 10.9 Å². The van der Waals surface area contributed by atoms with Gasteiger partial charge in [-0.05, 0) is 36.4 Å². The Morgan fingerprint density at radius 1 is 1.08 bits per heavy atom. The molecule has 0 saturated heterocycles. The molecule has 0 unspecified atom stereocenters. The number of aromatic nitrogens is 2. The average molecular weight is 388 g/mol. The zero-order chi connectivity index (χ0) is 18.3. The van der Waals surface area contributed by atoms with E-state index < -0.39 is 5.82 Å². The predicted molar refractivity (Wildman–Crippen MR) is 104 cm³/mol. The molecule has 26 heavy (non-hydrogen) atoms. The van der Waals surface area contributed by atoms with Crippen molar-refractivity contribution in [3.63, 3.8) is 0 Å². The lowest BCUT2D eigenvalue weighted by molar-refractivity contribution is 0.629. The van der Waals surface area contributed by atoms with Crippen LogP contribution in [-0.2, 0) is 6.54 Å². The fourth-order valence-electron chi connectivity index (χ4n) is 2.94. The summed E-state index contributed by atoms with van der Waals surface area (Å²) < 4.78 is 13.7. The third-order valence-electron chi connectivity index (χ3n) is 4.17. The second kappa shape index (κ2) is 6.59. The Hall–Kier alpha value is -2.63. The fraction of sp³-hybridized carbons (Fsp3) is 0.0526. The van der Waals surface area contributed by atoms with E-state index >= 15 is 0 Å². The number of halogens is 3. The van der Waals surface area contributed by atoms with Gasteiger partial charge in [0, 0.05) is 39.1 Å². The van der Waals surface area contributed by atoms with Crippen LogP contribution in [0.15, 0.2) is 53.5 Å². The molecule has 2 heterocycles. The molecular formula is C19H12Cl2FN3O. The minimum atomic E-state index is -0.424. The van der Waals surface area contributed by atoms with Crippen LogP contribution in [0.1, 0.15) is 5.56 Å². The molecule has 0 bridgehead atoms. The maximum Gasteiger partial charge on any atom is 0.256 e. The topological polar surface area (TPSA) is 57.8 Å². The number of nitrogens with zero attached hydrogens (tertiary/aromatic N) is 1. The van der Waals surface area contributed by atoms with Gasteiger partial charge in [0.2, 0.25) is 0 Å². The number of anilines is 1. The van der Waals surface area contributed by atoms with Crippen LogP contribution in [0.4, 0.5) is 10.2 Å². The van der Waals surface area contributed by atoms with Crippen LogP contribution in [-0.4, -0.2) is 9.97 Å². The molecule has 0 radical (unpaired) electrons. The average Bonchev–Trinajstić information content (AvgIpc) is 2.61. The van der Waals surface area contributed by atoms with Gasteiger partial charge in [0.25, 0.3) is 5.56 Å². The highest BCUT2D eigenvalue weighted by Gasteiger charge is 2.13. The number of aromatic amines is 1. The summed E-state index contributed by atoms with van der Waals surface area (Å²) in [7, 11) is 0. The summed E-state index contributed by atoms with van der Waals surface area (Å²) in [4.78, 5) is 19.5. The molecule has 2 aromatic heterocycles. The van der Waals surface area contributed by atoms with E-state index in [-0.39, 0.29) is 5.56 Å². The van der Waals surface area contributed by atoms with Crippen LogP contribution in [0, 0.1) is 5.82 Å². The summed E-state index contributed by atoms with van der Waals surface area (Å²) in [5.41, 5.74) is 0.942. The first-order valence-electron chi connectivity index (χ1n) is 7.82. The van der Waals surface area contributed by atoms with Crippen LogP contribution in [0.2, 0.25) is 10.0 Å². The zero-order valence-corrected chi connectivity index (χ0v) is 14.8. The highest BCUT2D eigenvalue weighted by atomic mass is 35.5. The molecule has 0 aliphatic carbocycles. The number of fused-ring (bicyclic) bond motifs is 3. The van der Waals surface area contributed by atoms with Crippen LogP contribution in [0.25, 0.3) is 21.7 Å². The number of hydrogen-bond donors (Lipinski definition) is 2. The van der Waals surface area contributed by atoms with Gasteiger partial charge in [-0.15, -0.1) is 0 Å². The van der Waals surface area contributed by atoms with Crippen molar-refractivity contribution in [3.8, 4) is 0 Å². The van der Waals surface area contributed by atoms with Crippen molar-refractivity contribution in [1.29, 1.82) is 0 Å². The lowest BCUT2D eigenvalue weighted by Crippen LogP contribution is -2.09. The quantitative estimate of drug-likeness (QED) is 0.478. The third-order valence-corrected chi connectivity index (χ3v) is 4.88. The molecule has 0 saturated carbocycles. The van der Waals surface area contributed by atoms with Crippen LogP contribution in [0.3, 0.4) is 0 Å². The summed E-state index contributed by atoms with van der Waals surface area (Å²) in [6.07, 6.45) is 1.53. The molecule has 7 heteroatoms. The summed E-state index contributed by atoms with van der Waals surface area (Å²) >= 11 is 12.4. The number of hydrogen-bond acceptors (Lipinski definition) is 3. The van der Waals surface area contributed by atoms with Gasteiger partial charge >= 0.3 is 0 Å². The molecule has 0 spiro atoms. The summed E-state index contributed by atoms with van der Waals surface area (Å²) in [6, 6.07) is 11.2. The number of H-pyrrole nitrogens is 1. The second-order valence-electron chi connectivity index (χ2n) is 5.77. The van der Waals surface area contributed by atoms with Crippen molar-refractivity contribution in [1.82, 2.24) is 9.97 Å². The summed E-state index contributed by atoms with van der Waals surface area (Å²) in [5.74, 6) is 0.0774. The van der Waals surface area contributed by atoms with E-state index in [2.05, 4.69) is 15.3 Å². The van der Waals surface area contributed by atoms with E-state index in [0.29, 0.717) is 44.1 Å². The van der Waals surface area contributed by atoms with E-state index in [1.54, 1.807) is 30.3 Å². The van der Waals surface area contributed by atoms with Gasteiger partial charge in [0.1, 0.15) is 11.6 Å². The van der Waals surface area contributed by atoms with Gasteiger partial charge < -0.3 is 10.3 Å². The summed E-state index contributed by atoms with van der Waals surface area (Å²) in [5, 5.41) is 5.70. The summed E-state index contributed by atoms with van der Waals surface area (Å²) in [6.45, 7) is 0.333. The van der Waals surface area contributed by atoms with E-state index in [1.807, 2.05) is 0 Å². The second-order valence-corrected chi connectivity index (χ2v) is 6.59. The van der Waals surface area contributed by atoms with Crippen molar-refractivity contribution in [2.75, 3.05) is 5.32 Å². The highest BCUT2D eigenvalue weighted by Crippen LogP contribution is 2.29. The fourth-order valence-corrected chi connectivity index (χ4v) is 3.47. The lowest BCUT2D eigenvalue weighted by atomic mass is 10.1. The number of nitrogens with one attached hydrogen (secondary N) is 2. The van der Waals surface area contributed by atoms with Gasteiger partial charge in [0.15, 0.2) is 0 Å². The molecule has 130 valence electrons. The number of benzene rings is 2. The van der Waals surface area contributed by atoms with E-state index in [1.165, 1.54) is 18.3 Å². The van der Waals surface area contributed by atoms with Crippen molar-refractivity contribution >= 4 is 50.7 Å². The Morgan fingerprint density at radius 3 is 2.62 bits per heavy atom. The first-order chi connectivity index (χ1) is 12.5. The van der Waals surface area contributed by atoms with Crippen LogP contribution >= 0.6 is 23.2 Å². The third kappa shape index (κ3) is 2.89. The first kappa shape index (κ1) is 16.8. The molecule has 0 amide bonds. The SMILES string of the molecule is O=c1[nH]ccc2c(NCc3c(Cl)cccc3Cl)nc3ccc(F)cc3c12. The standard InChI is InChI=1S/C19H12Cl2FN3O/c20-14-2-1-3-15(21)13(14)9-24-18-11-6-7-23-19(26)17(11)12-8-10(22)4-5-16(12)25-18/h1-8H,9H2,(H,23,26)(H,24,25). The normalized spacial score (nSPS) is 11.2. The molecule has 0 fully saturated rings. The zero-order valence-electron chi connectivity index (χ0n) is 13.3. The molecule has 4 aromatic rings. The predicted octanol–water partition coefficient (Wildman–Crippen LogP) is 5.13. The first-order valence-corrected chi connectivity index (χ1v) is 8.57.